The van der Waals surface area contributed by atoms with Crippen LogP contribution in [-0.4, -0.2) is 23.1 Å². The monoisotopic (exact) mass is 302 g/mol. The summed E-state index contributed by atoms with van der Waals surface area (Å²) in [7, 11) is 0. The number of aromatic nitrogens is 2. The molecule has 0 fully saturated rings. The third-order valence-electron chi connectivity index (χ3n) is 2.63. The molecule has 0 aliphatic carbocycles. The molecule has 0 spiro atoms. The smallest absolute Gasteiger partial charge is 0.267 e. The number of aromatic amines is 1. The molecule has 4 N–H and O–H groups in total. The van der Waals surface area contributed by atoms with Gasteiger partial charge in [0.1, 0.15) is 10.3 Å². The second-order valence-electron chi connectivity index (χ2n) is 4.01. The van der Waals surface area contributed by atoms with Crippen molar-refractivity contribution in [3.05, 3.63) is 21.2 Å². The standard InChI is InChI=1S/C11H19BrN4O/c1-2-3-8(4-5-13)6-14-10-9(12)11(17)16-7-15-10/h7-8H,2-6,13H2,1H3,(H2,14,15,16,17). The van der Waals surface area contributed by atoms with Gasteiger partial charge in [-0.2, -0.15) is 0 Å². The van der Waals surface area contributed by atoms with Crippen molar-refractivity contribution in [3.63, 3.8) is 0 Å². The number of anilines is 1. The van der Waals surface area contributed by atoms with Crippen LogP contribution in [0.2, 0.25) is 0 Å². The minimum Gasteiger partial charge on any atom is -0.369 e. The van der Waals surface area contributed by atoms with E-state index in [1.165, 1.54) is 6.33 Å². The van der Waals surface area contributed by atoms with Crippen LogP contribution in [0.3, 0.4) is 0 Å². The van der Waals surface area contributed by atoms with E-state index in [1.807, 2.05) is 0 Å². The highest BCUT2D eigenvalue weighted by molar-refractivity contribution is 9.10. The number of nitrogens with one attached hydrogen (secondary N) is 2. The Bertz CT molecular complexity index is 387. The number of rotatable bonds is 7. The lowest BCUT2D eigenvalue weighted by Gasteiger charge is -2.16. The molecule has 1 heterocycles. The summed E-state index contributed by atoms with van der Waals surface area (Å²) >= 11 is 3.21. The zero-order chi connectivity index (χ0) is 12.7. The minimum atomic E-state index is -0.173. The molecule has 1 unspecified atom stereocenters. The second kappa shape index (κ2) is 7.45. The third-order valence-corrected chi connectivity index (χ3v) is 3.36. The molecule has 0 aliphatic rings. The summed E-state index contributed by atoms with van der Waals surface area (Å²) in [6, 6.07) is 0. The van der Waals surface area contributed by atoms with Crippen molar-refractivity contribution in [1.82, 2.24) is 9.97 Å². The number of hydrogen-bond acceptors (Lipinski definition) is 4. The predicted octanol–water partition coefficient (Wildman–Crippen LogP) is 1.71. The molecule has 6 heteroatoms. The quantitative estimate of drug-likeness (QED) is 0.716. The molecule has 0 aromatic carbocycles. The maximum absolute atomic E-state index is 11.3. The molecule has 0 bridgehead atoms. The van der Waals surface area contributed by atoms with E-state index in [1.54, 1.807) is 0 Å². The minimum absolute atomic E-state index is 0.173. The summed E-state index contributed by atoms with van der Waals surface area (Å²) in [4.78, 5) is 17.9. The van der Waals surface area contributed by atoms with Gasteiger partial charge >= 0.3 is 0 Å². The molecular weight excluding hydrogens is 284 g/mol. The van der Waals surface area contributed by atoms with Crippen LogP contribution in [0.15, 0.2) is 15.6 Å². The Balaban J connectivity index is 2.58. The maximum atomic E-state index is 11.3. The van der Waals surface area contributed by atoms with E-state index in [-0.39, 0.29) is 5.56 Å². The Labute approximate surface area is 109 Å². The summed E-state index contributed by atoms with van der Waals surface area (Å²) in [6.45, 7) is 3.64. The molecule has 1 aromatic rings. The molecule has 0 aliphatic heterocycles. The number of H-pyrrole nitrogens is 1. The number of nitrogens with two attached hydrogens (primary N) is 1. The van der Waals surface area contributed by atoms with Crippen molar-refractivity contribution in [1.29, 1.82) is 0 Å². The summed E-state index contributed by atoms with van der Waals surface area (Å²) in [5.74, 6) is 1.12. The largest absolute Gasteiger partial charge is 0.369 e. The molecule has 0 saturated heterocycles. The maximum Gasteiger partial charge on any atom is 0.267 e. The Morgan fingerprint density at radius 1 is 1.59 bits per heavy atom. The van der Waals surface area contributed by atoms with Crippen LogP contribution >= 0.6 is 15.9 Å². The molecule has 0 amide bonds. The van der Waals surface area contributed by atoms with Crippen molar-refractivity contribution in [2.75, 3.05) is 18.4 Å². The first-order valence-corrected chi connectivity index (χ1v) is 6.65. The predicted molar refractivity (Wildman–Crippen MR) is 73.1 cm³/mol. The lowest BCUT2D eigenvalue weighted by Crippen LogP contribution is -2.20. The van der Waals surface area contributed by atoms with Crippen LogP contribution in [-0.2, 0) is 0 Å². The van der Waals surface area contributed by atoms with Gasteiger partial charge in [-0.05, 0) is 41.2 Å². The Kier molecular flexibility index (Phi) is 6.21. The Morgan fingerprint density at radius 2 is 2.35 bits per heavy atom. The van der Waals surface area contributed by atoms with Gasteiger partial charge in [-0.15, -0.1) is 0 Å². The van der Waals surface area contributed by atoms with Crippen molar-refractivity contribution >= 4 is 21.7 Å². The van der Waals surface area contributed by atoms with Crippen molar-refractivity contribution < 1.29 is 0 Å². The molecule has 0 saturated carbocycles. The number of nitrogens with zero attached hydrogens (tertiary/aromatic N) is 1. The van der Waals surface area contributed by atoms with Gasteiger partial charge < -0.3 is 16.0 Å². The van der Waals surface area contributed by atoms with E-state index in [0.717, 1.165) is 25.8 Å². The summed E-state index contributed by atoms with van der Waals surface area (Å²) in [6.07, 6.45) is 4.65. The van der Waals surface area contributed by atoms with Crippen LogP contribution in [0, 0.1) is 5.92 Å². The van der Waals surface area contributed by atoms with Crippen LogP contribution in [0.1, 0.15) is 26.2 Å². The fourth-order valence-corrected chi connectivity index (χ4v) is 2.10. The van der Waals surface area contributed by atoms with Gasteiger partial charge in [-0.1, -0.05) is 13.3 Å². The van der Waals surface area contributed by atoms with Gasteiger partial charge in [0.2, 0.25) is 0 Å². The number of hydrogen-bond donors (Lipinski definition) is 3. The molecule has 17 heavy (non-hydrogen) atoms. The molecule has 0 radical (unpaired) electrons. The lowest BCUT2D eigenvalue weighted by atomic mass is 10.00. The van der Waals surface area contributed by atoms with Crippen LogP contribution in [0.25, 0.3) is 0 Å². The summed E-state index contributed by atoms with van der Waals surface area (Å²) < 4.78 is 0.447. The SMILES string of the molecule is CCCC(CCN)CNc1nc[nH]c(=O)c1Br. The molecular formula is C11H19BrN4O. The first-order chi connectivity index (χ1) is 8.19. The lowest BCUT2D eigenvalue weighted by molar-refractivity contribution is 0.472. The van der Waals surface area contributed by atoms with Gasteiger partial charge in [-0.3, -0.25) is 4.79 Å². The van der Waals surface area contributed by atoms with E-state index >= 15 is 0 Å². The molecule has 1 aromatic heterocycles. The molecule has 5 nitrogen and oxygen atoms in total. The molecule has 96 valence electrons. The summed E-state index contributed by atoms with van der Waals surface area (Å²) in [5, 5.41) is 3.19. The fourth-order valence-electron chi connectivity index (χ4n) is 1.74. The topological polar surface area (TPSA) is 83.8 Å². The molecule has 1 rings (SSSR count). The van der Waals surface area contributed by atoms with Gasteiger partial charge in [0.05, 0.1) is 6.33 Å². The second-order valence-corrected chi connectivity index (χ2v) is 4.80. The van der Waals surface area contributed by atoms with Crippen LogP contribution < -0.4 is 16.6 Å². The van der Waals surface area contributed by atoms with E-state index in [9.17, 15) is 4.79 Å². The Morgan fingerprint density at radius 3 is 3.00 bits per heavy atom. The van der Waals surface area contributed by atoms with Crippen LogP contribution in [0.4, 0.5) is 5.82 Å². The average Bonchev–Trinajstić information content (AvgIpc) is 2.31. The highest BCUT2D eigenvalue weighted by Crippen LogP contribution is 2.16. The number of halogens is 1. The third kappa shape index (κ3) is 4.47. The Hall–Kier alpha value is -0.880. The highest BCUT2D eigenvalue weighted by atomic mass is 79.9. The van der Waals surface area contributed by atoms with Crippen molar-refractivity contribution in [3.8, 4) is 0 Å². The van der Waals surface area contributed by atoms with E-state index < -0.39 is 0 Å². The van der Waals surface area contributed by atoms with Gasteiger partial charge in [0.25, 0.3) is 5.56 Å². The van der Waals surface area contributed by atoms with E-state index in [4.69, 9.17) is 5.73 Å². The van der Waals surface area contributed by atoms with Crippen molar-refractivity contribution in [2.24, 2.45) is 11.7 Å². The van der Waals surface area contributed by atoms with Gasteiger partial charge in [0, 0.05) is 6.54 Å². The fraction of sp³-hybridized carbons (Fsp3) is 0.636. The highest BCUT2D eigenvalue weighted by Gasteiger charge is 2.09. The van der Waals surface area contributed by atoms with Gasteiger partial charge in [-0.25, -0.2) is 4.98 Å². The normalized spacial score (nSPS) is 12.4. The van der Waals surface area contributed by atoms with Gasteiger partial charge in [0.15, 0.2) is 0 Å². The summed E-state index contributed by atoms with van der Waals surface area (Å²) in [5.41, 5.74) is 5.40. The zero-order valence-electron chi connectivity index (χ0n) is 10.0. The van der Waals surface area contributed by atoms with Crippen LogP contribution in [0.5, 0.6) is 0 Å². The first-order valence-electron chi connectivity index (χ1n) is 5.86. The molecule has 1 atom stereocenters. The van der Waals surface area contributed by atoms with Crippen molar-refractivity contribution in [2.45, 2.75) is 26.2 Å². The average molecular weight is 303 g/mol. The van der Waals surface area contributed by atoms with E-state index in [2.05, 4.69) is 38.1 Å². The first kappa shape index (κ1) is 14.2. The van der Waals surface area contributed by atoms with E-state index in [0.29, 0.717) is 22.8 Å². The zero-order valence-corrected chi connectivity index (χ0v) is 11.6.